The maximum atomic E-state index is 11.8. The van der Waals surface area contributed by atoms with Crippen LogP contribution in [0.5, 0.6) is 0 Å². The number of hydrogen-bond donors (Lipinski definition) is 1. The average molecular weight is 362 g/mol. The maximum absolute atomic E-state index is 11.8. The molecule has 0 aliphatic rings. The standard InChI is InChI=1S/C19H20ClNO4/c1-13(22)21-9-10-25-18(15-6-4-8-17(20)12-15)14-5-3-7-16(11-14)19(23)24-2/h3-8,11-12,18H,9-10H2,1-2H3,(H,21,22). The molecule has 132 valence electrons. The van der Waals surface area contributed by atoms with Gasteiger partial charge in [-0.05, 0) is 35.4 Å². The molecular formula is C19H20ClNO4. The second kappa shape index (κ2) is 9.20. The van der Waals surface area contributed by atoms with Crippen molar-refractivity contribution in [1.82, 2.24) is 5.32 Å². The second-order valence-corrected chi connectivity index (χ2v) is 5.84. The average Bonchev–Trinajstić information content (AvgIpc) is 2.61. The van der Waals surface area contributed by atoms with Crippen molar-refractivity contribution in [2.24, 2.45) is 0 Å². The summed E-state index contributed by atoms with van der Waals surface area (Å²) in [5.74, 6) is -0.527. The summed E-state index contributed by atoms with van der Waals surface area (Å²) in [4.78, 5) is 22.8. The first-order valence-electron chi connectivity index (χ1n) is 7.81. The molecule has 0 saturated carbocycles. The fourth-order valence-corrected chi connectivity index (χ4v) is 2.60. The molecule has 25 heavy (non-hydrogen) atoms. The first-order valence-corrected chi connectivity index (χ1v) is 8.19. The highest BCUT2D eigenvalue weighted by Crippen LogP contribution is 2.28. The van der Waals surface area contributed by atoms with Gasteiger partial charge in [-0.3, -0.25) is 4.79 Å². The fraction of sp³-hybridized carbons (Fsp3) is 0.263. The molecule has 2 aromatic carbocycles. The van der Waals surface area contributed by atoms with Gasteiger partial charge in [0.25, 0.3) is 0 Å². The zero-order valence-electron chi connectivity index (χ0n) is 14.1. The quantitative estimate of drug-likeness (QED) is 0.606. The number of hydrogen-bond acceptors (Lipinski definition) is 4. The Morgan fingerprint density at radius 3 is 2.44 bits per heavy atom. The molecule has 0 aliphatic carbocycles. The summed E-state index contributed by atoms with van der Waals surface area (Å²) in [5, 5.41) is 3.28. The van der Waals surface area contributed by atoms with E-state index in [0.29, 0.717) is 23.7 Å². The van der Waals surface area contributed by atoms with Crippen LogP contribution in [0, 0.1) is 0 Å². The highest BCUT2D eigenvalue weighted by Gasteiger charge is 2.17. The third kappa shape index (κ3) is 5.59. The molecule has 0 fully saturated rings. The van der Waals surface area contributed by atoms with E-state index in [1.807, 2.05) is 24.3 Å². The molecule has 5 nitrogen and oxygen atoms in total. The van der Waals surface area contributed by atoms with E-state index in [0.717, 1.165) is 11.1 Å². The van der Waals surface area contributed by atoms with Gasteiger partial charge in [0, 0.05) is 18.5 Å². The van der Waals surface area contributed by atoms with Gasteiger partial charge in [-0.2, -0.15) is 0 Å². The van der Waals surface area contributed by atoms with Crippen molar-refractivity contribution < 1.29 is 19.1 Å². The van der Waals surface area contributed by atoms with Gasteiger partial charge in [-0.1, -0.05) is 35.9 Å². The minimum Gasteiger partial charge on any atom is -0.465 e. The maximum Gasteiger partial charge on any atom is 0.337 e. The van der Waals surface area contributed by atoms with E-state index < -0.39 is 12.1 Å². The molecule has 0 aliphatic heterocycles. The Morgan fingerprint density at radius 2 is 1.80 bits per heavy atom. The first kappa shape index (κ1) is 19.0. The van der Waals surface area contributed by atoms with Crippen molar-refractivity contribution in [3.63, 3.8) is 0 Å². The summed E-state index contributed by atoms with van der Waals surface area (Å²) in [6.45, 7) is 2.16. The number of carbonyl (C=O) groups excluding carboxylic acids is 2. The number of ether oxygens (including phenoxy) is 2. The topological polar surface area (TPSA) is 64.6 Å². The largest absolute Gasteiger partial charge is 0.465 e. The highest BCUT2D eigenvalue weighted by molar-refractivity contribution is 6.30. The van der Waals surface area contributed by atoms with Crippen LogP contribution in [0.1, 0.15) is 34.5 Å². The van der Waals surface area contributed by atoms with Gasteiger partial charge in [0.15, 0.2) is 0 Å². The summed E-state index contributed by atoms with van der Waals surface area (Å²) < 4.78 is 10.7. The normalized spacial score (nSPS) is 11.6. The second-order valence-electron chi connectivity index (χ2n) is 5.41. The van der Waals surface area contributed by atoms with Crippen LogP contribution in [0.3, 0.4) is 0 Å². The Balaban J connectivity index is 2.27. The lowest BCUT2D eigenvalue weighted by molar-refractivity contribution is -0.119. The van der Waals surface area contributed by atoms with E-state index in [-0.39, 0.29) is 5.91 Å². The van der Waals surface area contributed by atoms with Crippen molar-refractivity contribution >= 4 is 23.5 Å². The van der Waals surface area contributed by atoms with Crippen LogP contribution in [0.25, 0.3) is 0 Å². The van der Waals surface area contributed by atoms with E-state index in [2.05, 4.69) is 5.32 Å². The number of benzene rings is 2. The summed E-state index contributed by atoms with van der Waals surface area (Å²) in [7, 11) is 1.34. The molecule has 1 amide bonds. The van der Waals surface area contributed by atoms with Gasteiger partial charge in [0.1, 0.15) is 6.10 Å². The summed E-state index contributed by atoms with van der Waals surface area (Å²) in [5.41, 5.74) is 2.10. The van der Waals surface area contributed by atoms with E-state index >= 15 is 0 Å². The minimum absolute atomic E-state index is 0.115. The fourth-order valence-electron chi connectivity index (χ4n) is 2.40. The summed E-state index contributed by atoms with van der Waals surface area (Å²) in [6, 6.07) is 14.4. The van der Waals surface area contributed by atoms with Crippen molar-refractivity contribution in [3.05, 3.63) is 70.2 Å². The number of carbonyl (C=O) groups is 2. The number of halogens is 1. The molecule has 0 bridgehead atoms. The number of rotatable bonds is 7. The number of nitrogens with one attached hydrogen (secondary N) is 1. The lowest BCUT2D eigenvalue weighted by Crippen LogP contribution is -2.25. The predicted octanol–water partition coefficient (Wildman–Crippen LogP) is 3.37. The van der Waals surface area contributed by atoms with Crippen molar-refractivity contribution in [3.8, 4) is 0 Å². The molecular weight excluding hydrogens is 342 g/mol. The minimum atomic E-state index is -0.419. The first-order chi connectivity index (χ1) is 12.0. The molecule has 2 aromatic rings. The van der Waals surface area contributed by atoms with Crippen LogP contribution in [0.15, 0.2) is 48.5 Å². The van der Waals surface area contributed by atoms with Gasteiger partial charge >= 0.3 is 5.97 Å². The zero-order chi connectivity index (χ0) is 18.2. The lowest BCUT2D eigenvalue weighted by Gasteiger charge is -2.20. The van der Waals surface area contributed by atoms with E-state index in [4.69, 9.17) is 21.1 Å². The smallest absolute Gasteiger partial charge is 0.337 e. The molecule has 0 heterocycles. The van der Waals surface area contributed by atoms with Gasteiger partial charge in [-0.15, -0.1) is 0 Å². The Labute approximate surface area is 151 Å². The van der Waals surface area contributed by atoms with Crippen LogP contribution in [0.2, 0.25) is 5.02 Å². The molecule has 6 heteroatoms. The summed E-state index contributed by atoms with van der Waals surface area (Å²) >= 11 is 6.10. The molecule has 1 N–H and O–H groups in total. The van der Waals surface area contributed by atoms with Crippen molar-refractivity contribution in [2.45, 2.75) is 13.0 Å². The molecule has 0 saturated heterocycles. The van der Waals surface area contributed by atoms with Crippen molar-refractivity contribution in [2.75, 3.05) is 20.3 Å². The SMILES string of the molecule is COC(=O)c1cccc(C(OCCNC(C)=O)c2cccc(Cl)c2)c1. The van der Waals surface area contributed by atoms with Gasteiger partial charge in [0.05, 0.1) is 19.3 Å². The van der Waals surface area contributed by atoms with Gasteiger partial charge in [-0.25, -0.2) is 4.79 Å². The van der Waals surface area contributed by atoms with E-state index in [9.17, 15) is 9.59 Å². The van der Waals surface area contributed by atoms with Crippen LogP contribution in [-0.2, 0) is 14.3 Å². The number of methoxy groups -OCH3 is 1. The van der Waals surface area contributed by atoms with Crippen molar-refractivity contribution in [1.29, 1.82) is 0 Å². The zero-order valence-corrected chi connectivity index (χ0v) is 14.9. The van der Waals surface area contributed by atoms with E-state index in [1.165, 1.54) is 14.0 Å². The monoisotopic (exact) mass is 361 g/mol. The molecule has 0 aromatic heterocycles. The van der Waals surface area contributed by atoms with Crippen LogP contribution in [-0.4, -0.2) is 32.1 Å². The lowest BCUT2D eigenvalue weighted by atomic mass is 9.99. The predicted molar refractivity (Wildman–Crippen MR) is 95.7 cm³/mol. The Morgan fingerprint density at radius 1 is 1.12 bits per heavy atom. The Bertz CT molecular complexity index is 748. The molecule has 0 spiro atoms. The Kier molecular flexibility index (Phi) is 6.98. The molecule has 0 radical (unpaired) electrons. The number of amides is 1. The highest BCUT2D eigenvalue weighted by atomic mass is 35.5. The molecule has 2 rings (SSSR count). The molecule has 1 unspecified atom stereocenters. The number of esters is 1. The van der Waals surface area contributed by atoms with Crippen LogP contribution >= 0.6 is 11.6 Å². The Hall–Kier alpha value is -2.37. The van der Waals surface area contributed by atoms with E-state index in [1.54, 1.807) is 24.3 Å². The van der Waals surface area contributed by atoms with Gasteiger partial charge < -0.3 is 14.8 Å². The van der Waals surface area contributed by atoms with Crippen LogP contribution in [0.4, 0.5) is 0 Å². The summed E-state index contributed by atoms with van der Waals surface area (Å²) in [6.07, 6.45) is -0.419. The third-order valence-electron chi connectivity index (χ3n) is 3.52. The third-order valence-corrected chi connectivity index (χ3v) is 3.76. The van der Waals surface area contributed by atoms with Crippen LogP contribution < -0.4 is 5.32 Å². The van der Waals surface area contributed by atoms with Gasteiger partial charge in [0.2, 0.25) is 5.91 Å². The molecule has 1 atom stereocenters.